The third-order valence-electron chi connectivity index (χ3n) is 3.49. The fraction of sp³-hybridized carbons (Fsp3) is 0.917. The molecule has 1 heterocycles. The van der Waals surface area contributed by atoms with Crippen molar-refractivity contribution in [3.63, 3.8) is 0 Å². The van der Waals surface area contributed by atoms with Gasteiger partial charge in [-0.05, 0) is 40.7 Å². The van der Waals surface area contributed by atoms with Crippen molar-refractivity contribution in [3.8, 4) is 0 Å². The van der Waals surface area contributed by atoms with E-state index in [9.17, 15) is 4.79 Å². The van der Waals surface area contributed by atoms with Crippen molar-refractivity contribution in [2.45, 2.75) is 51.3 Å². The summed E-state index contributed by atoms with van der Waals surface area (Å²) in [6.45, 7) is 7.50. The van der Waals surface area contributed by atoms with Crippen LogP contribution >= 0.6 is 0 Å². The summed E-state index contributed by atoms with van der Waals surface area (Å²) >= 11 is 0. The molecule has 0 aromatic rings. The minimum Gasteiger partial charge on any atom is -0.444 e. The van der Waals surface area contributed by atoms with Gasteiger partial charge in [0.05, 0.1) is 6.04 Å². The van der Waals surface area contributed by atoms with Gasteiger partial charge in [0.15, 0.2) is 0 Å². The second-order valence-corrected chi connectivity index (χ2v) is 5.87. The lowest BCUT2D eigenvalue weighted by Gasteiger charge is -2.52. The summed E-state index contributed by atoms with van der Waals surface area (Å²) in [6, 6.07) is 0.940. The molecular formula is C12H22N2O2. The van der Waals surface area contributed by atoms with Gasteiger partial charge in [-0.1, -0.05) is 0 Å². The molecule has 4 nitrogen and oxygen atoms in total. The van der Waals surface area contributed by atoms with Crippen LogP contribution in [-0.2, 0) is 4.74 Å². The van der Waals surface area contributed by atoms with Crippen LogP contribution in [0.1, 0.15) is 33.6 Å². The van der Waals surface area contributed by atoms with E-state index in [0.717, 1.165) is 19.5 Å². The van der Waals surface area contributed by atoms with Crippen LogP contribution in [0.2, 0.25) is 0 Å². The van der Waals surface area contributed by atoms with Crippen molar-refractivity contribution >= 4 is 6.09 Å². The van der Waals surface area contributed by atoms with Crippen LogP contribution in [-0.4, -0.2) is 53.7 Å². The Kier molecular flexibility index (Phi) is 2.86. The van der Waals surface area contributed by atoms with E-state index in [4.69, 9.17) is 4.74 Å². The molecule has 0 aromatic heterocycles. The molecule has 16 heavy (non-hydrogen) atoms. The van der Waals surface area contributed by atoms with Gasteiger partial charge in [-0.2, -0.15) is 0 Å². The topological polar surface area (TPSA) is 32.8 Å². The molecular weight excluding hydrogens is 204 g/mol. The zero-order valence-electron chi connectivity index (χ0n) is 10.7. The van der Waals surface area contributed by atoms with Gasteiger partial charge < -0.3 is 9.64 Å². The summed E-state index contributed by atoms with van der Waals surface area (Å²) in [7, 11) is 2.14. The van der Waals surface area contributed by atoms with Crippen molar-refractivity contribution in [1.82, 2.24) is 9.80 Å². The van der Waals surface area contributed by atoms with Gasteiger partial charge in [0.1, 0.15) is 5.60 Å². The van der Waals surface area contributed by atoms with Gasteiger partial charge in [-0.15, -0.1) is 0 Å². The van der Waals surface area contributed by atoms with E-state index in [1.807, 2.05) is 25.7 Å². The fourth-order valence-corrected chi connectivity index (χ4v) is 2.49. The van der Waals surface area contributed by atoms with Gasteiger partial charge in [0, 0.05) is 19.1 Å². The Morgan fingerprint density at radius 1 is 1.19 bits per heavy atom. The van der Waals surface area contributed by atoms with Gasteiger partial charge in [0.25, 0.3) is 0 Å². The second kappa shape index (κ2) is 3.91. The maximum absolute atomic E-state index is 12.0. The summed E-state index contributed by atoms with van der Waals surface area (Å²) in [6.07, 6.45) is 2.18. The molecule has 0 bridgehead atoms. The molecule has 2 rings (SSSR count). The predicted molar refractivity (Wildman–Crippen MR) is 62.4 cm³/mol. The maximum atomic E-state index is 12.0. The number of ether oxygens (including phenoxy) is 1. The summed E-state index contributed by atoms with van der Waals surface area (Å²) in [5, 5.41) is 0. The lowest BCUT2D eigenvalue weighted by atomic mass is 9.82. The Morgan fingerprint density at radius 2 is 1.81 bits per heavy atom. The highest BCUT2D eigenvalue weighted by molar-refractivity contribution is 5.69. The molecule has 2 atom stereocenters. The third-order valence-corrected chi connectivity index (χ3v) is 3.49. The van der Waals surface area contributed by atoms with Crippen molar-refractivity contribution in [3.05, 3.63) is 0 Å². The molecule has 2 fully saturated rings. The molecule has 92 valence electrons. The standard InChI is InChI=1S/C12H22N2O2/c1-12(2,3)16-11(15)14-8-7-13(4)9-5-6-10(9)14/h9-10H,5-8H2,1-4H3. The first-order chi connectivity index (χ1) is 7.38. The molecule has 0 spiro atoms. The zero-order chi connectivity index (χ0) is 11.9. The van der Waals surface area contributed by atoms with Crippen LogP contribution in [0.15, 0.2) is 0 Å². The molecule has 0 N–H and O–H groups in total. The van der Waals surface area contributed by atoms with Crippen LogP contribution in [0.25, 0.3) is 0 Å². The summed E-state index contributed by atoms with van der Waals surface area (Å²) in [5.41, 5.74) is -0.389. The molecule has 1 aliphatic heterocycles. The largest absolute Gasteiger partial charge is 0.444 e. The van der Waals surface area contributed by atoms with Crippen LogP contribution in [0.3, 0.4) is 0 Å². The second-order valence-electron chi connectivity index (χ2n) is 5.87. The number of fused-ring (bicyclic) bond motifs is 1. The number of hydrogen-bond acceptors (Lipinski definition) is 3. The van der Waals surface area contributed by atoms with Gasteiger partial charge in [-0.3, -0.25) is 4.90 Å². The van der Waals surface area contributed by atoms with Crippen LogP contribution < -0.4 is 0 Å². The average Bonchev–Trinajstić information content (AvgIpc) is 2.04. The normalized spacial score (nSPS) is 30.6. The van der Waals surface area contributed by atoms with Crippen molar-refractivity contribution in [2.75, 3.05) is 20.1 Å². The van der Waals surface area contributed by atoms with E-state index in [-0.39, 0.29) is 11.7 Å². The van der Waals surface area contributed by atoms with E-state index in [2.05, 4.69) is 11.9 Å². The van der Waals surface area contributed by atoms with E-state index < -0.39 is 0 Å². The third kappa shape index (κ3) is 2.17. The number of carbonyl (C=O) groups excluding carboxylic acids is 1. The Morgan fingerprint density at radius 3 is 2.31 bits per heavy atom. The lowest BCUT2D eigenvalue weighted by molar-refractivity contribution is -0.0443. The van der Waals surface area contributed by atoms with Gasteiger partial charge in [-0.25, -0.2) is 4.79 Å². The molecule has 2 unspecified atom stereocenters. The summed E-state index contributed by atoms with van der Waals surface area (Å²) in [4.78, 5) is 16.3. The van der Waals surface area contributed by atoms with Gasteiger partial charge in [0.2, 0.25) is 0 Å². The highest BCUT2D eigenvalue weighted by atomic mass is 16.6. The highest BCUT2D eigenvalue weighted by Crippen LogP contribution is 2.33. The molecule has 2 aliphatic rings. The number of piperazine rings is 1. The number of nitrogens with zero attached hydrogens (tertiary/aromatic N) is 2. The first kappa shape index (κ1) is 11.7. The van der Waals surface area contributed by atoms with Crippen LogP contribution in [0.4, 0.5) is 4.79 Å². The molecule has 4 heteroatoms. The molecule has 1 amide bonds. The first-order valence-electron chi connectivity index (χ1n) is 6.08. The summed E-state index contributed by atoms with van der Waals surface area (Å²) < 4.78 is 5.43. The quantitative estimate of drug-likeness (QED) is 0.630. The maximum Gasteiger partial charge on any atom is 0.410 e. The highest BCUT2D eigenvalue weighted by Gasteiger charge is 2.44. The molecule has 0 aromatic carbocycles. The van der Waals surface area contributed by atoms with Crippen molar-refractivity contribution in [2.24, 2.45) is 0 Å². The summed E-state index contributed by atoms with van der Waals surface area (Å²) in [5.74, 6) is 0. The number of amides is 1. The Labute approximate surface area is 97.5 Å². The zero-order valence-corrected chi connectivity index (χ0v) is 10.7. The minimum absolute atomic E-state index is 0.143. The predicted octanol–water partition coefficient (Wildman–Crippen LogP) is 1.70. The van der Waals surface area contributed by atoms with Gasteiger partial charge >= 0.3 is 6.09 Å². The molecule has 1 aliphatic carbocycles. The van der Waals surface area contributed by atoms with Crippen molar-refractivity contribution in [1.29, 1.82) is 0 Å². The number of rotatable bonds is 0. The van der Waals surface area contributed by atoms with E-state index >= 15 is 0 Å². The average molecular weight is 226 g/mol. The monoisotopic (exact) mass is 226 g/mol. The molecule has 1 saturated heterocycles. The van der Waals surface area contributed by atoms with Crippen LogP contribution in [0.5, 0.6) is 0 Å². The Balaban J connectivity index is 1.97. The van der Waals surface area contributed by atoms with Crippen molar-refractivity contribution < 1.29 is 9.53 Å². The van der Waals surface area contributed by atoms with E-state index in [1.54, 1.807) is 0 Å². The van der Waals surface area contributed by atoms with E-state index in [1.165, 1.54) is 6.42 Å². The Bertz CT molecular complexity index is 285. The lowest BCUT2D eigenvalue weighted by Crippen LogP contribution is -2.65. The number of likely N-dealkylation sites (N-methyl/N-ethyl adjacent to an activating group) is 1. The van der Waals surface area contributed by atoms with Crippen LogP contribution in [0, 0.1) is 0 Å². The van der Waals surface area contributed by atoms with E-state index in [0.29, 0.717) is 12.1 Å². The first-order valence-corrected chi connectivity index (χ1v) is 6.08. The number of hydrogen-bond donors (Lipinski definition) is 0. The SMILES string of the molecule is CN1CCN(C(=O)OC(C)(C)C)C2CCC21. The molecule has 0 radical (unpaired) electrons. The number of carbonyl (C=O) groups is 1. The molecule has 1 saturated carbocycles. The minimum atomic E-state index is -0.389. The smallest absolute Gasteiger partial charge is 0.410 e. The Hall–Kier alpha value is -0.770. The fourth-order valence-electron chi connectivity index (χ4n) is 2.49.